The molecular formula is C14H18N2O2. The van der Waals surface area contributed by atoms with Crippen LogP contribution < -0.4 is 5.32 Å². The minimum Gasteiger partial charge on any atom is -0.390 e. The number of aliphatic hydroxyl groups excluding tert-OH is 1. The normalized spacial score (nSPS) is 23.4. The largest absolute Gasteiger partial charge is 0.390 e. The molecule has 0 radical (unpaired) electrons. The number of rotatable bonds is 3. The summed E-state index contributed by atoms with van der Waals surface area (Å²) < 4.78 is 0. The molecular weight excluding hydrogens is 228 g/mol. The van der Waals surface area contributed by atoms with Crippen LogP contribution in [0.15, 0.2) is 36.4 Å². The van der Waals surface area contributed by atoms with Crippen molar-refractivity contribution in [2.75, 3.05) is 20.1 Å². The summed E-state index contributed by atoms with van der Waals surface area (Å²) in [5, 5.41) is 12.8. The molecule has 1 amide bonds. The molecule has 1 aromatic carbocycles. The maximum atomic E-state index is 11.9. The number of likely N-dealkylation sites (N-methyl/N-ethyl adjacent to an activating group) is 1. The van der Waals surface area contributed by atoms with Gasteiger partial charge in [-0.25, -0.2) is 0 Å². The van der Waals surface area contributed by atoms with E-state index in [4.69, 9.17) is 0 Å². The molecule has 2 N–H and O–H groups in total. The predicted octanol–water partition coefficient (Wildman–Crippen LogP) is 0.491. The summed E-state index contributed by atoms with van der Waals surface area (Å²) in [7, 11) is 1.72. The number of hydrogen-bond acceptors (Lipinski definition) is 3. The molecule has 0 unspecified atom stereocenters. The summed E-state index contributed by atoms with van der Waals surface area (Å²) in [6.07, 6.45) is 2.85. The van der Waals surface area contributed by atoms with Crippen LogP contribution in [0, 0.1) is 0 Å². The van der Waals surface area contributed by atoms with Crippen LogP contribution >= 0.6 is 0 Å². The van der Waals surface area contributed by atoms with Crippen molar-refractivity contribution in [2.45, 2.75) is 12.1 Å². The van der Waals surface area contributed by atoms with E-state index in [9.17, 15) is 9.90 Å². The van der Waals surface area contributed by atoms with Crippen LogP contribution in [0.4, 0.5) is 0 Å². The summed E-state index contributed by atoms with van der Waals surface area (Å²) in [5.74, 6) is -0.0911. The lowest BCUT2D eigenvalue weighted by Gasteiger charge is -2.25. The zero-order valence-electron chi connectivity index (χ0n) is 10.4. The van der Waals surface area contributed by atoms with Crippen molar-refractivity contribution in [2.24, 2.45) is 0 Å². The third-order valence-electron chi connectivity index (χ3n) is 3.21. The Balaban J connectivity index is 1.97. The highest BCUT2D eigenvalue weighted by molar-refractivity contribution is 5.91. The minimum absolute atomic E-state index is 0.0911. The monoisotopic (exact) mass is 246 g/mol. The molecule has 0 saturated carbocycles. The first-order chi connectivity index (χ1) is 8.68. The topological polar surface area (TPSA) is 52.6 Å². The average Bonchev–Trinajstić information content (AvgIpc) is 2.82. The van der Waals surface area contributed by atoms with Gasteiger partial charge in [0.1, 0.15) is 0 Å². The lowest BCUT2D eigenvalue weighted by molar-refractivity contribution is -0.127. The lowest BCUT2D eigenvalue weighted by atomic mass is 10.1. The third-order valence-corrected chi connectivity index (χ3v) is 3.21. The van der Waals surface area contributed by atoms with Crippen LogP contribution in [0.2, 0.25) is 0 Å². The first-order valence-corrected chi connectivity index (χ1v) is 6.07. The van der Waals surface area contributed by atoms with Crippen molar-refractivity contribution < 1.29 is 9.90 Å². The zero-order valence-corrected chi connectivity index (χ0v) is 10.4. The molecule has 1 aromatic rings. The van der Waals surface area contributed by atoms with Gasteiger partial charge in [-0.3, -0.25) is 4.79 Å². The highest BCUT2D eigenvalue weighted by atomic mass is 16.3. The first-order valence-electron chi connectivity index (χ1n) is 6.07. The minimum atomic E-state index is -0.482. The van der Waals surface area contributed by atoms with Crippen LogP contribution in [0.25, 0.3) is 6.08 Å². The van der Waals surface area contributed by atoms with E-state index in [0.717, 1.165) is 5.56 Å². The second-order valence-electron chi connectivity index (χ2n) is 4.49. The highest BCUT2D eigenvalue weighted by Crippen LogP contribution is 2.09. The molecule has 1 fully saturated rings. The summed E-state index contributed by atoms with van der Waals surface area (Å²) >= 11 is 0. The van der Waals surface area contributed by atoms with Gasteiger partial charge in [0.2, 0.25) is 5.91 Å². The van der Waals surface area contributed by atoms with E-state index < -0.39 is 6.10 Å². The molecule has 0 aromatic heterocycles. The molecule has 2 atom stereocenters. The third kappa shape index (κ3) is 2.97. The molecule has 4 heteroatoms. The molecule has 0 bridgehead atoms. The molecule has 1 heterocycles. The summed E-state index contributed by atoms with van der Waals surface area (Å²) in [6, 6.07) is 9.53. The Morgan fingerprint density at radius 1 is 1.39 bits per heavy atom. The summed E-state index contributed by atoms with van der Waals surface area (Å²) in [4.78, 5) is 13.5. The number of β-amino-alcohol motifs (C(OH)–C–C–N with tert-alkyl or cyclic N) is 1. The second-order valence-corrected chi connectivity index (χ2v) is 4.49. The number of carbonyl (C=O) groups excluding carboxylic acids is 1. The Labute approximate surface area is 107 Å². The SMILES string of the molecule is CN(C(=O)/C=C/c1ccccc1)[C@H]1CNC[C@@H]1O. The fourth-order valence-corrected chi connectivity index (χ4v) is 2.06. The van der Waals surface area contributed by atoms with Crippen molar-refractivity contribution in [3.8, 4) is 0 Å². The molecule has 1 aliphatic heterocycles. The maximum Gasteiger partial charge on any atom is 0.246 e. The molecule has 0 aliphatic carbocycles. The maximum absolute atomic E-state index is 11.9. The van der Waals surface area contributed by atoms with Crippen LogP contribution in [-0.4, -0.2) is 48.2 Å². The Hall–Kier alpha value is -1.65. The number of amides is 1. The van der Waals surface area contributed by atoms with E-state index in [1.165, 1.54) is 0 Å². The van der Waals surface area contributed by atoms with E-state index in [1.54, 1.807) is 24.1 Å². The number of carbonyl (C=O) groups is 1. The Morgan fingerprint density at radius 2 is 2.11 bits per heavy atom. The van der Waals surface area contributed by atoms with Gasteiger partial charge in [-0.05, 0) is 11.6 Å². The van der Waals surface area contributed by atoms with Crippen LogP contribution in [0.5, 0.6) is 0 Å². The van der Waals surface area contributed by atoms with E-state index in [0.29, 0.717) is 13.1 Å². The van der Waals surface area contributed by atoms with Gasteiger partial charge in [0.05, 0.1) is 12.1 Å². The van der Waals surface area contributed by atoms with E-state index in [2.05, 4.69) is 5.32 Å². The Bertz CT molecular complexity index is 431. The Morgan fingerprint density at radius 3 is 2.72 bits per heavy atom. The quantitative estimate of drug-likeness (QED) is 0.763. The molecule has 1 aliphatic rings. The highest BCUT2D eigenvalue weighted by Gasteiger charge is 2.30. The van der Waals surface area contributed by atoms with Crippen molar-refractivity contribution in [1.29, 1.82) is 0 Å². The molecule has 1 saturated heterocycles. The number of nitrogens with one attached hydrogen (secondary N) is 1. The Kier molecular flexibility index (Phi) is 4.12. The van der Waals surface area contributed by atoms with Crippen molar-refractivity contribution in [3.05, 3.63) is 42.0 Å². The van der Waals surface area contributed by atoms with Gasteiger partial charge in [0, 0.05) is 26.2 Å². The van der Waals surface area contributed by atoms with Crippen LogP contribution in [0.1, 0.15) is 5.56 Å². The predicted molar refractivity (Wildman–Crippen MR) is 70.9 cm³/mol. The lowest BCUT2D eigenvalue weighted by Crippen LogP contribution is -2.43. The van der Waals surface area contributed by atoms with Gasteiger partial charge in [-0.2, -0.15) is 0 Å². The van der Waals surface area contributed by atoms with Gasteiger partial charge in [0.25, 0.3) is 0 Å². The van der Waals surface area contributed by atoms with Crippen molar-refractivity contribution in [3.63, 3.8) is 0 Å². The van der Waals surface area contributed by atoms with Crippen LogP contribution in [-0.2, 0) is 4.79 Å². The number of benzene rings is 1. The molecule has 96 valence electrons. The zero-order chi connectivity index (χ0) is 13.0. The van der Waals surface area contributed by atoms with Gasteiger partial charge in [-0.15, -0.1) is 0 Å². The number of aliphatic hydroxyl groups is 1. The van der Waals surface area contributed by atoms with Crippen molar-refractivity contribution in [1.82, 2.24) is 10.2 Å². The molecule has 4 nitrogen and oxygen atoms in total. The molecule has 18 heavy (non-hydrogen) atoms. The van der Waals surface area contributed by atoms with Gasteiger partial charge in [0.15, 0.2) is 0 Å². The van der Waals surface area contributed by atoms with Crippen molar-refractivity contribution >= 4 is 12.0 Å². The van der Waals surface area contributed by atoms with Gasteiger partial charge >= 0.3 is 0 Å². The van der Waals surface area contributed by atoms with E-state index in [-0.39, 0.29) is 11.9 Å². The standard InChI is InChI=1S/C14H18N2O2/c1-16(12-9-15-10-13(12)17)14(18)8-7-11-5-3-2-4-6-11/h2-8,12-13,15,17H,9-10H2,1H3/b8-7+/t12-,13-/m0/s1. The molecule has 2 rings (SSSR count). The smallest absolute Gasteiger partial charge is 0.246 e. The van der Waals surface area contributed by atoms with Gasteiger partial charge in [-0.1, -0.05) is 30.3 Å². The molecule has 0 spiro atoms. The fraction of sp³-hybridized carbons (Fsp3) is 0.357. The number of hydrogen-bond donors (Lipinski definition) is 2. The average molecular weight is 246 g/mol. The summed E-state index contributed by atoms with van der Waals surface area (Å²) in [5.41, 5.74) is 0.990. The number of nitrogens with zero attached hydrogens (tertiary/aromatic N) is 1. The van der Waals surface area contributed by atoms with Crippen LogP contribution in [0.3, 0.4) is 0 Å². The first kappa shape index (κ1) is 12.8. The van der Waals surface area contributed by atoms with E-state index in [1.807, 2.05) is 30.3 Å². The second kappa shape index (κ2) is 5.80. The fourth-order valence-electron chi connectivity index (χ4n) is 2.06. The van der Waals surface area contributed by atoms with Gasteiger partial charge < -0.3 is 15.3 Å². The summed E-state index contributed by atoms with van der Waals surface area (Å²) in [6.45, 7) is 1.19. The van der Waals surface area contributed by atoms with E-state index >= 15 is 0 Å².